The molecule has 0 fully saturated rings. The van der Waals surface area contributed by atoms with Gasteiger partial charge in [-0.3, -0.25) is 9.59 Å². The third-order valence-electron chi connectivity index (χ3n) is 4.89. The molecule has 2 heteroatoms. The number of hydrogen-bond donors (Lipinski definition) is 0. The Bertz CT molecular complexity index is 703. The van der Waals surface area contributed by atoms with Crippen LogP contribution in [-0.2, 0) is 6.42 Å². The molecule has 2 aromatic carbocycles. The molecule has 3 rings (SSSR count). The molecule has 1 unspecified atom stereocenters. The monoisotopic (exact) mass is 292 g/mol. The first-order valence-electron chi connectivity index (χ1n) is 7.87. The lowest BCUT2D eigenvalue weighted by molar-refractivity contribution is 0.0675. The van der Waals surface area contributed by atoms with Gasteiger partial charge in [0.2, 0.25) is 0 Å². The first kappa shape index (κ1) is 14.7. The third-order valence-corrected chi connectivity index (χ3v) is 4.89. The van der Waals surface area contributed by atoms with Crippen molar-refractivity contribution >= 4 is 11.6 Å². The van der Waals surface area contributed by atoms with Gasteiger partial charge in [0.25, 0.3) is 0 Å². The average Bonchev–Trinajstić information content (AvgIpc) is 2.58. The number of hydrogen-bond acceptors (Lipinski definition) is 2. The van der Waals surface area contributed by atoms with Gasteiger partial charge in [0.15, 0.2) is 11.6 Å². The highest BCUT2D eigenvalue weighted by atomic mass is 16.1. The van der Waals surface area contributed by atoms with E-state index in [1.54, 1.807) is 0 Å². The Balaban J connectivity index is 1.91. The fourth-order valence-corrected chi connectivity index (χ4v) is 3.40. The van der Waals surface area contributed by atoms with Crippen LogP contribution in [0, 0.1) is 5.41 Å². The SMILES string of the molecule is CCC1(CC(=O)c2ccccc2)CCc2ccccc2C1=O. The molecule has 0 radical (unpaired) electrons. The van der Waals surface area contributed by atoms with E-state index >= 15 is 0 Å². The van der Waals surface area contributed by atoms with Crippen molar-refractivity contribution in [2.45, 2.75) is 32.6 Å². The lowest BCUT2D eigenvalue weighted by atomic mass is 9.66. The Morgan fingerprint density at radius 3 is 2.45 bits per heavy atom. The van der Waals surface area contributed by atoms with E-state index in [4.69, 9.17) is 0 Å². The summed E-state index contributed by atoms with van der Waals surface area (Å²) in [6, 6.07) is 17.1. The van der Waals surface area contributed by atoms with Crippen molar-refractivity contribution in [1.82, 2.24) is 0 Å². The van der Waals surface area contributed by atoms with Gasteiger partial charge in [0.1, 0.15) is 0 Å². The summed E-state index contributed by atoms with van der Waals surface area (Å²) < 4.78 is 0. The third kappa shape index (κ3) is 2.50. The lowest BCUT2D eigenvalue weighted by Crippen LogP contribution is -2.37. The summed E-state index contributed by atoms with van der Waals surface area (Å²) in [5, 5.41) is 0. The van der Waals surface area contributed by atoms with Gasteiger partial charge in [-0.05, 0) is 24.8 Å². The summed E-state index contributed by atoms with van der Waals surface area (Å²) in [6.07, 6.45) is 2.65. The Morgan fingerprint density at radius 1 is 1.05 bits per heavy atom. The van der Waals surface area contributed by atoms with Crippen LogP contribution >= 0.6 is 0 Å². The molecular weight excluding hydrogens is 272 g/mol. The maximum atomic E-state index is 13.0. The fraction of sp³-hybridized carbons (Fsp3) is 0.300. The molecule has 1 aliphatic carbocycles. The molecule has 0 bridgehead atoms. The van der Waals surface area contributed by atoms with Crippen molar-refractivity contribution < 1.29 is 9.59 Å². The Hall–Kier alpha value is -2.22. The summed E-state index contributed by atoms with van der Waals surface area (Å²) in [7, 11) is 0. The summed E-state index contributed by atoms with van der Waals surface area (Å²) in [4.78, 5) is 25.6. The predicted octanol–water partition coefficient (Wildman–Crippen LogP) is 4.48. The number of Topliss-reactive ketones (excluding diaryl/α,β-unsaturated/α-hetero) is 2. The molecule has 1 aliphatic rings. The molecule has 0 heterocycles. The van der Waals surface area contributed by atoms with E-state index in [9.17, 15) is 9.59 Å². The summed E-state index contributed by atoms with van der Waals surface area (Å²) in [5.74, 6) is 0.205. The molecule has 112 valence electrons. The van der Waals surface area contributed by atoms with Crippen molar-refractivity contribution in [3.05, 3.63) is 71.3 Å². The quantitative estimate of drug-likeness (QED) is 0.778. The second-order valence-corrected chi connectivity index (χ2v) is 6.09. The minimum Gasteiger partial charge on any atom is -0.294 e. The topological polar surface area (TPSA) is 34.1 Å². The summed E-state index contributed by atoms with van der Waals surface area (Å²) in [6.45, 7) is 2.02. The van der Waals surface area contributed by atoms with Gasteiger partial charge in [-0.25, -0.2) is 0 Å². The van der Waals surface area contributed by atoms with E-state index in [1.165, 1.54) is 0 Å². The molecule has 0 aliphatic heterocycles. The molecule has 0 N–H and O–H groups in total. The predicted molar refractivity (Wildman–Crippen MR) is 87.2 cm³/mol. The molecule has 0 amide bonds. The van der Waals surface area contributed by atoms with E-state index in [0.717, 1.165) is 24.0 Å². The van der Waals surface area contributed by atoms with Crippen LogP contribution in [0.1, 0.15) is 52.5 Å². The summed E-state index contributed by atoms with van der Waals surface area (Å²) in [5.41, 5.74) is 2.07. The zero-order chi connectivity index (χ0) is 15.6. The average molecular weight is 292 g/mol. The lowest BCUT2D eigenvalue weighted by Gasteiger charge is -2.35. The largest absolute Gasteiger partial charge is 0.294 e. The fourth-order valence-electron chi connectivity index (χ4n) is 3.40. The standard InChI is InChI=1S/C20H20O2/c1-2-20(14-18(21)16-9-4-3-5-10-16)13-12-15-8-6-7-11-17(15)19(20)22/h3-11H,2,12-14H2,1H3. The van der Waals surface area contributed by atoms with E-state index in [-0.39, 0.29) is 11.6 Å². The van der Waals surface area contributed by atoms with Gasteiger partial charge >= 0.3 is 0 Å². The highest BCUT2D eigenvalue weighted by Crippen LogP contribution is 2.41. The molecule has 22 heavy (non-hydrogen) atoms. The number of carbonyl (C=O) groups excluding carboxylic acids is 2. The highest BCUT2D eigenvalue weighted by Gasteiger charge is 2.42. The first-order chi connectivity index (χ1) is 10.7. The number of benzene rings is 2. The van der Waals surface area contributed by atoms with E-state index in [0.29, 0.717) is 18.4 Å². The molecule has 2 aromatic rings. The van der Waals surface area contributed by atoms with Crippen LogP contribution in [0.5, 0.6) is 0 Å². The van der Waals surface area contributed by atoms with Crippen LogP contribution in [0.15, 0.2) is 54.6 Å². The Morgan fingerprint density at radius 2 is 1.73 bits per heavy atom. The molecule has 0 saturated heterocycles. The number of ketones is 2. The van der Waals surface area contributed by atoms with Gasteiger partial charge < -0.3 is 0 Å². The summed E-state index contributed by atoms with van der Waals surface area (Å²) >= 11 is 0. The minimum absolute atomic E-state index is 0.0650. The maximum Gasteiger partial charge on any atom is 0.169 e. The maximum absolute atomic E-state index is 13.0. The van der Waals surface area contributed by atoms with Crippen LogP contribution in [0.4, 0.5) is 0 Å². The minimum atomic E-state index is -0.540. The van der Waals surface area contributed by atoms with Crippen molar-refractivity contribution in [2.24, 2.45) is 5.41 Å². The zero-order valence-electron chi connectivity index (χ0n) is 12.8. The Labute approximate surface area is 131 Å². The van der Waals surface area contributed by atoms with Gasteiger partial charge in [-0.15, -0.1) is 0 Å². The van der Waals surface area contributed by atoms with Crippen LogP contribution in [0.3, 0.4) is 0 Å². The molecule has 2 nitrogen and oxygen atoms in total. The zero-order valence-corrected chi connectivity index (χ0v) is 12.8. The van der Waals surface area contributed by atoms with Gasteiger partial charge in [0.05, 0.1) is 0 Å². The van der Waals surface area contributed by atoms with E-state index in [1.807, 2.05) is 61.5 Å². The second kappa shape index (κ2) is 5.88. The van der Waals surface area contributed by atoms with E-state index < -0.39 is 5.41 Å². The van der Waals surface area contributed by atoms with Crippen LogP contribution in [0.25, 0.3) is 0 Å². The molecular formula is C20H20O2. The van der Waals surface area contributed by atoms with E-state index in [2.05, 4.69) is 0 Å². The van der Waals surface area contributed by atoms with Crippen molar-refractivity contribution in [3.8, 4) is 0 Å². The van der Waals surface area contributed by atoms with Gasteiger partial charge in [-0.1, -0.05) is 61.5 Å². The second-order valence-electron chi connectivity index (χ2n) is 6.09. The molecule has 1 atom stereocenters. The molecule has 0 aromatic heterocycles. The van der Waals surface area contributed by atoms with Gasteiger partial charge in [0, 0.05) is 23.0 Å². The normalized spacial score (nSPS) is 20.5. The van der Waals surface area contributed by atoms with Crippen molar-refractivity contribution in [3.63, 3.8) is 0 Å². The number of carbonyl (C=O) groups is 2. The van der Waals surface area contributed by atoms with Crippen LogP contribution in [-0.4, -0.2) is 11.6 Å². The molecule has 0 spiro atoms. The smallest absolute Gasteiger partial charge is 0.169 e. The number of aryl methyl sites for hydroxylation is 1. The first-order valence-corrected chi connectivity index (χ1v) is 7.87. The number of rotatable bonds is 4. The molecule has 0 saturated carbocycles. The highest BCUT2D eigenvalue weighted by molar-refractivity contribution is 6.07. The number of fused-ring (bicyclic) bond motifs is 1. The van der Waals surface area contributed by atoms with Gasteiger partial charge in [-0.2, -0.15) is 0 Å². The van der Waals surface area contributed by atoms with Crippen LogP contribution in [0.2, 0.25) is 0 Å². The van der Waals surface area contributed by atoms with Crippen LogP contribution < -0.4 is 0 Å². The Kier molecular flexibility index (Phi) is 3.93. The van der Waals surface area contributed by atoms with Crippen molar-refractivity contribution in [2.75, 3.05) is 0 Å². The van der Waals surface area contributed by atoms with Crippen molar-refractivity contribution in [1.29, 1.82) is 0 Å².